The molecule has 0 atom stereocenters. The maximum atomic E-state index is 5.78. The molecule has 2 aromatic carbocycles. The van der Waals surface area contributed by atoms with Crippen LogP contribution < -0.4 is 9.47 Å². The van der Waals surface area contributed by atoms with Gasteiger partial charge in [0.1, 0.15) is 24.7 Å². The largest absolute Gasteiger partial charge is 0.489 e. The van der Waals surface area contributed by atoms with Gasteiger partial charge in [-0.2, -0.15) is 0 Å². The first-order valence-corrected chi connectivity index (χ1v) is 6.86. The lowest BCUT2D eigenvalue weighted by Gasteiger charge is -2.11. The lowest BCUT2D eigenvalue weighted by Crippen LogP contribution is -1.96. The molecule has 2 nitrogen and oxygen atoms in total. The Hall–Kier alpha value is -2.22. The van der Waals surface area contributed by atoms with E-state index in [1.54, 1.807) is 0 Å². The minimum Gasteiger partial charge on any atom is -0.489 e. The van der Waals surface area contributed by atoms with E-state index in [1.807, 2.05) is 62.4 Å². The lowest BCUT2D eigenvalue weighted by molar-refractivity contribution is 0.363. The summed E-state index contributed by atoms with van der Waals surface area (Å²) in [5, 5.41) is 2.16. The molecule has 0 spiro atoms. The van der Waals surface area contributed by atoms with Gasteiger partial charge in [0, 0.05) is 10.8 Å². The Bertz CT molecular complexity index is 557. The normalized spacial score (nSPS) is 11.5. The predicted octanol–water partition coefficient (Wildman–Crippen LogP) is 4.75. The van der Waals surface area contributed by atoms with Crippen molar-refractivity contribution in [3.05, 3.63) is 60.7 Å². The number of allylic oxidation sites excluding steroid dienone is 2. The summed E-state index contributed by atoms with van der Waals surface area (Å²) in [5.74, 6) is 1.77. The van der Waals surface area contributed by atoms with Gasteiger partial charge in [0.05, 0.1) is 0 Å². The van der Waals surface area contributed by atoms with E-state index in [1.165, 1.54) is 0 Å². The van der Waals surface area contributed by atoms with Crippen molar-refractivity contribution in [3.8, 4) is 11.5 Å². The monoisotopic (exact) mass is 268 g/mol. The maximum absolute atomic E-state index is 5.78. The summed E-state index contributed by atoms with van der Waals surface area (Å²) in [7, 11) is 0. The first kappa shape index (κ1) is 14.2. The number of ether oxygens (including phenoxy) is 2. The fourth-order valence-electron chi connectivity index (χ4n) is 1.97. The van der Waals surface area contributed by atoms with E-state index < -0.39 is 0 Å². The highest BCUT2D eigenvalue weighted by atomic mass is 16.5. The standard InChI is InChI=1S/C18H20O2/c1-3-5-13-19-17-11-7-10-16-15(17)9-8-12-18(16)20-14-6-4-2/h3-12H,13-14H2,1-2H3/b5-3+,6-4+. The average Bonchev–Trinajstić information content (AvgIpc) is 2.48. The number of hydrogen-bond acceptors (Lipinski definition) is 2. The Morgan fingerprint density at radius 1 is 0.750 bits per heavy atom. The second-order valence-electron chi connectivity index (χ2n) is 4.37. The first-order chi connectivity index (χ1) is 9.86. The van der Waals surface area contributed by atoms with Crippen molar-refractivity contribution in [1.82, 2.24) is 0 Å². The van der Waals surface area contributed by atoms with Crippen LogP contribution in [0.5, 0.6) is 11.5 Å². The van der Waals surface area contributed by atoms with Crippen LogP contribution in [0.25, 0.3) is 10.8 Å². The molecule has 0 radical (unpaired) electrons. The van der Waals surface area contributed by atoms with Crippen LogP contribution in [0.2, 0.25) is 0 Å². The van der Waals surface area contributed by atoms with Gasteiger partial charge in [0.15, 0.2) is 0 Å². The second-order valence-corrected chi connectivity index (χ2v) is 4.37. The van der Waals surface area contributed by atoms with Crippen LogP contribution in [0.4, 0.5) is 0 Å². The highest BCUT2D eigenvalue weighted by Crippen LogP contribution is 2.32. The van der Waals surface area contributed by atoms with Crippen molar-refractivity contribution in [3.63, 3.8) is 0 Å². The Labute approximate surface area is 120 Å². The van der Waals surface area contributed by atoms with Crippen LogP contribution in [0.3, 0.4) is 0 Å². The number of hydrogen-bond donors (Lipinski definition) is 0. The van der Waals surface area contributed by atoms with Gasteiger partial charge in [-0.25, -0.2) is 0 Å². The molecule has 0 fully saturated rings. The molecule has 0 N–H and O–H groups in total. The summed E-state index contributed by atoms with van der Waals surface area (Å²) in [6, 6.07) is 12.1. The fourth-order valence-corrected chi connectivity index (χ4v) is 1.97. The molecule has 2 heteroatoms. The van der Waals surface area contributed by atoms with Gasteiger partial charge in [-0.1, -0.05) is 48.6 Å². The summed E-state index contributed by atoms with van der Waals surface area (Å²) in [6.45, 7) is 5.14. The molecule has 0 saturated heterocycles. The molecule has 2 rings (SSSR count). The fraction of sp³-hybridized carbons (Fsp3) is 0.222. The summed E-state index contributed by atoms with van der Waals surface area (Å²) in [4.78, 5) is 0. The number of benzene rings is 2. The zero-order chi connectivity index (χ0) is 14.2. The van der Waals surface area contributed by atoms with Crippen LogP contribution in [0.1, 0.15) is 13.8 Å². The van der Waals surface area contributed by atoms with E-state index in [0.29, 0.717) is 13.2 Å². The Morgan fingerprint density at radius 2 is 1.20 bits per heavy atom. The highest BCUT2D eigenvalue weighted by Gasteiger charge is 2.05. The molecule has 0 aliphatic heterocycles. The topological polar surface area (TPSA) is 18.5 Å². The molecule has 2 aromatic rings. The quantitative estimate of drug-likeness (QED) is 0.704. The summed E-state index contributed by atoms with van der Waals surface area (Å²) < 4.78 is 11.6. The van der Waals surface area contributed by atoms with Crippen molar-refractivity contribution in [2.24, 2.45) is 0 Å². The maximum Gasteiger partial charge on any atom is 0.127 e. The Morgan fingerprint density at radius 3 is 1.60 bits per heavy atom. The highest BCUT2D eigenvalue weighted by molar-refractivity contribution is 5.93. The smallest absolute Gasteiger partial charge is 0.127 e. The molecule has 0 aromatic heterocycles. The Kier molecular flexibility index (Phi) is 5.24. The third-order valence-electron chi connectivity index (χ3n) is 2.98. The second kappa shape index (κ2) is 7.39. The van der Waals surface area contributed by atoms with Gasteiger partial charge in [-0.3, -0.25) is 0 Å². The minimum absolute atomic E-state index is 0.583. The Balaban J connectivity index is 2.30. The van der Waals surface area contributed by atoms with Crippen LogP contribution in [-0.4, -0.2) is 13.2 Å². The van der Waals surface area contributed by atoms with E-state index in [0.717, 1.165) is 22.3 Å². The van der Waals surface area contributed by atoms with Crippen molar-refractivity contribution in [1.29, 1.82) is 0 Å². The molecule has 0 aliphatic carbocycles. The van der Waals surface area contributed by atoms with Crippen LogP contribution in [-0.2, 0) is 0 Å². The minimum atomic E-state index is 0.583. The third kappa shape index (κ3) is 3.41. The van der Waals surface area contributed by atoms with Crippen LogP contribution >= 0.6 is 0 Å². The van der Waals surface area contributed by atoms with Crippen LogP contribution in [0.15, 0.2) is 60.7 Å². The molecule has 0 aliphatic rings. The van der Waals surface area contributed by atoms with Crippen LogP contribution in [0, 0.1) is 0 Å². The molecule has 0 bridgehead atoms. The zero-order valence-corrected chi connectivity index (χ0v) is 12.0. The predicted molar refractivity (Wildman–Crippen MR) is 84.6 cm³/mol. The molecule has 0 unspecified atom stereocenters. The summed E-state index contributed by atoms with van der Waals surface area (Å²) in [5.41, 5.74) is 0. The van der Waals surface area contributed by atoms with Gasteiger partial charge in [-0.05, 0) is 26.0 Å². The van der Waals surface area contributed by atoms with Gasteiger partial charge in [0.2, 0.25) is 0 Å². The molecule has 104 valence electrons. The zero-order valence-electron chi connectivity index (χ0n) is 12.0. The third-order valence-corrected chi connectivity index (χ3v) is 2.98. The molecular formula is C18H20O2. The molecule has 0 amide bonds. The van der Waals surface area contributed by atoms with Crippen molar-refractivity contribution in [2.75, 3.05) is 13.2 Å². The van der Waals surface area contributed by atoms with E-state index in [2.05, 4.69) is 12.1 Å². The van der Waals surface area contributed by atoms with E-state index >= 15 is 0 Å². The van der Waals surface area contributed by atoms with E-state index in [9.17, 15) is 0 Å². The number of rotatable bonds is 6. The van der Waals surface area contributed by atoms with Crippen molar-refractivity contribution in [2.45, 2.75) is 13.8 Å². The molecule has 0 saturated carbocycles. The summed E-state index contributed by atoms with van der Waals surface area (Å²) in [6.07, 6.45) is 7.95. The molecular weight excluding hydrogens is 248 g/mol. The van der Waals surface area contributed by atoms with Gasteiger partial charge in [0.25, 0.3) is 0 Å². The van der Waals surface area contributed by atoms with Gasteiger partial charge in [-0.15, -0.1) is 0 Å². The van der Waals surface area contributed by atoms with Crippen molar-refractivity contribution >= 4 is 10.8 Å². The SMILES string of the molecule is C/C=C/COc1cccc2c(OC/C=C/C)cccc12. The van der Waals surface area contributed by atoms with Gasteiger partial charge < -0.3 is 9.47 Å². The van der Waals surface area contributed by atoms with Gasteiger partial charge >= 0.3 is 0 Å². The first-order valence-electron chi connectivity index (χ1n) is 6.86. The number of fused-ring (bicyclic) bond motifs is 1. The average molecular weight is 268 g/mol. The molecule has 20 heavy (non-hydrogen) atoms. The van der Waals surface area contributed by atoms with Crippen molar-refractivity contribution < 1.29 is 9.47 Å². The summed E-state index contributed by atoms with van der Waals surface area (Å²) >= 11 is 0. The molecule has 0 heterocycles. The van der Waals surface area contributed by atoms with E-state index in [-0.39, 0.29) is 0 Å². The lowest BCUT2D eigenvalue weighted by atomic mass is 10.1. The van der Waals surface area contributed by atoms with E-state index in [4.69, 9.17) is 9.47 Å².